The molecule has 0 aromatic heterocycles. The third kappa shape index (κ3) is 4.46. The Balaban J connectivity index is 2.85. The van der Waals surface area contributed by atoms with E-state index in [1.807, 2.05) is 31.2 Å². The maximum Gasteiger partial charge on any atom is 0.235 e. The standard InChI is InChI=1S/C12H18N2O3S/c1-10-4-6-11(7-5-10)8-14(18(3,16)17)9-12(15)13-2/h4-7H,8-9H2,1-3H3,(H,13,15). The molecule has 1 aromatic rings. The number of rotatable bonds is 5. The molecule has 0 fully saturated rings. The van der Waals surface area contributed by atoms with E-state index in [0.29, 0.717) is 0 Å². The molecular formula is C12H18N2O3S. The zero-order valence-corrected chi connectivity index (χ0v) is 11.6. The van der Waals surface area contributed by atoms with Crippen LogP contribution in [0.15, 0.2) is 24.3 Å². The average Bonchev–Trinajstić information content (AvgIpc) is 2.29. The molecule has 0 bridgehead atoms. The van der Waals surface area contributed by atoms with Gasteiger partial charge in [0.2, 0.25) is 15.9 Å². The Hall–Kier alpha value is -1.40. The van der Waals surface area contributed by atoms with Crippen molar-refractivity contribution in [1.29, 1.82) is 0 Å². The van der Waals surface area contributed by atoms with Crippen molar-refractivity contribution >= 4 is 15.9 Å². The van der Waals surface area contributed by atoms with E-state index in [2.05, 4.69) is 5.32 Å². The predicted molar refractivity (Wildman–Crippen MR) is 70.5 cm³/mol. The summed E-state index contributed by atoms with van der Waals surface area (Å²) in [7, 11) is -1.93. The minimum atomic E-state index is -3.41. The van der Waals surface area contributed by atoms with Crippen LogP contribution in [0.5, 0.6) is 0 Å². The predicted octanol–water partition coefficient (Wildman–Crippen LogP) is 0.503. The quantitative estimate of drug-likeness (QED) is 0.847. The molecule has 0 saturated heterocycles. The first kappa shape index (κ1) is 14.7. The number of carbonyl (C=O) groups is 1. The lowest BCUT2D eigenvalue weighted by atomic mass is 10.1. The van der Waals surface area contributed by atoms with Gasteiger partial charge < -0.3 is 5.32 Å². The molecule has 1 rings (SSSR count). The van der Waals surface area contributed by atoms with Crippen LogP contribution in [0.25, 0.3) is 0 Å². The van der Waals surface area contributed by atoms with Crippen LogP contribution in [-0.4, -0.2) is 38.5 Å². The third-order valence-corrected chi connectivity index (χ3v) is 3.74. The Labute approximate surface area is 108 Å². The number of hydrogen-bond acceptors (Lipinski definition) is 3. The molecule has 5 nitrogen and oxygen atoms in total. The van der Waals surface area contributed by atoms with Gasteiger partial charge in [-0.15, -0.1) is 0 Å². The maximum absolute atomic E-state index is 11.6. The van der Waals surface area contributed by atoms with E-state index in [9.17, 15) is 13.2 Å². The Morgan fingerprint density at radius 2 is 1.83 bits per heavy atom. The highest BCUT2D eigenvalue weighted by Crippen LogP contribution is 2.09. The van der Waals surface area contributed by atoms with Gasteiger partial charge in [0.15, 0.2) is 0 Å². The van der Waals surface area contributed by atoms with E-state index in [1.165, 1.54) is 7.05 Å². The Morgan fingerprint density at radius 3 is 2.28 bits per heavy atom. The first-order chi connectivity index (χ1) is 8.32. The van der Waals surface area contributed by atoms with Gasteiger partial charge in [-0.2, -0.15) is 4.31 Å². The van der Waals surface area contributed by atoms with Crippen molar-refractivity contribution < 1.29 is 13.2 Å². The molecular weight excluding hydrogens is 252 g/mol. The Morgan fingerprint density at radius 1 is 1.28 bits per heavy atom. The van der Waals surface area contributed by atoms with Gasteiger partial charge in [-0.05, 0) is 12.5 Å². The van der Waals surface area contributed by atoms with Crippen LogP contribution in [0.4, 0.5) is 0 Å². The second-order valence-corrected chi connectivity index (χ2v) is 6.17. The first-order valence-electron chi connectivity index (χ1n) is 5.54. The molecule has 0 spiro atoms. The monoisotopic (exact) mass is 270 g/mol. The van der Waals surface area contributed by atoms with Crippen LogP contribution < -0.4 is 5.32 Å². The lowest BCUT2D eigenvalue weighted by molar-refractivity contribution is -0.120. The molecule has 0 heterocycles. The van der Waals surface area contributed by atoms with Gasteiger partial charge >= 0.3 is 0 Å². The molecule has 1 N–H and O–H groups in total. The number of carbonyl (C=O) groups excluding carboxylic acids is 1. The SMILES string of the molecule is CNC(=O)CN(Cc1ccc(C)cc1)S(C)(=O)=O. The van der Waals surface area contributed by atoms with Crippen molar-refractivity contribution in [2.75, 3.05) is 19.8 Å². The Kier molecular flexibility index (Phi) is 4.86. The van der Waals surface area contributed by atoms with Gasteiger partial charge in [0.05, 0.1) is 12.8 Å². The number of sulfonamides is 1. The van der Waals surface area contributed by atoms with Crippen LogP contribution in [0.3, 0.4) is 0 Å². The smallest absolute Gasteiger partial charge is 0.235 e. The highest BCUT2D eigenvalue weighted by Gasteiger charge is 2.19. The molecule has 0 atom stereocenters. The summed E-state index contributed by atoms with van der Waals surface area (Å²) in [4.78, 5) is 11.3. The van der Waals surface area contributed by atoms with E-state index in [1.54, 1.807) is 0 Å². The molecule has 18 heavy (non-hydrogen) atoms. The molecule has 0 saturated carbocycles. The van der Waals surface area contributed by atoms with Gasteiger partial charge in [0.1, 0.15) is 0 Å². The van der Waals surface area contributed by atoms with E-state index < -0.39 is 10.0 Å². The fraction of sp³-hybridized carbons (Fsp3) is 0.417. The van der Waals surface area contributed by atoms with Crippen molar-refractivity contribution in [3.8, 4) is 0 Å². The fourth-order valence-corrected chi connectivity index (χ4v) is 2.16. The van der Waals surface area contributed by atoms with Crippen molar-refractivity contribution in [1.82, 2.24) is 9.62 Å². The van der Waals surface area contributed by atoms with Crippen LogP contribution in [0.2, 0.25) is 0 Å². The summed E-state index contributed by atoms with van der Waals surface area (Å²) in [6.07, 6.45) is 1.10. The number of likely N-dealkylation sites (N-methyl/N-ethyl adjacent to an activating group) is 1. The lowest BCUT2D eigenvalue weighted by Crippen LogP contribution is -2.38. The normalized spacial score (nSPS) is 11.6. The summed E-state index contributed by atoms with van der Waals surface area (Å²) in [5.74, 6) is -0.326. The molecule has 0 aliphatic heterocycles. The Bertz CT molecular complexity index is 509. The van der Waals surface area contributed by atoms with E-state index in [0.717, 1.165) is 21.7 Å². The van der Waals surface area contributed by atoms with Gasteiger partial charge in [-0.25, -0.2) is 8.42 Å². The minimum Gasteiger partial charge on any atom is -0.358 e. The van der Waals surface area contributed by atoms with Crippen molar-refractivity contribution in [2.24, 2.45) is 0 Å². The highest BCUT2D eigenvalue weighted by molar-refractivity contribution is 7.88. The zero-order chi connectivity index (χ0) is 13.8. The number of nitrogens with one attached hydrogen (secondary N) is 1. The lowest BCUT2D eigenvalue weighted by Gasteiger charge is -2.19. The fourth-order valence-electron chi connectivity index (χ4n) is 1.43. The van der Waals surface area contributed by atoms with E-state index >= 15 is 0 Å². The molecule has 1 amide bonds. The average molecular weight is 270 g/mol. The largest absolute Gasteiger partial charge is 0.358 e. The second-order valence-electron chi connectivity index (χ2n) is 4.19. The van der Waals surface area contributed by atoms with Gasteiger partial charge in [0.25, 0.3) is 0 Å². The number of hydrogen-bond donors (Lipinski definition) is 1. The summed E-state index contributed by atoms with van der Waals surface area (Å²) in [6.45, 7) is 2.00. The number of aryl methyl sites for hydroxylation is 1. The molecule has 100 valence electrons. The second kappa shape index (κ2) is 5.97. The van der Waals surface area contributed by atoms with Crippen LogP contribution in [-0.2, 0) is 21.4 Å². The van der Waals surface area contributed by atoms with Gasteiger partial charge in [-0.1, -0.05) is 29.8 Å². The summed E-state index contributed by atoms with van der Waals surface area (Å²) in [6, 6.07) is 7.54. The van der Waals surface area contributed by atoms with Gasteiger partial charge in [-0.3, -0.25) is 4.79 Å². The summed E-state index contributed by atoms with van der Waals surface area (Å²) in [5, 5.41) is 2.42. The summed E-state index contributed by atoms with van der Waals surface area (Å²) >= 11 is 0. The number of nitrogens with zero attached hydrogens (tertiary/aromatic N) is 1. The van der Waals surface area contributed by atoms with E-state index in [4.69, 9.17) is 0 Å². The van der Waals surface area contributed by atoms with Crippen molar-refractivity contribution in [3.63, 3.8) is 0 Å². The molecule has 0 unspecified atom stereocenters. The third-order valence-electron chi connectivity index (χ3n) is 2.55. The zero-order valence-electron chi connectivity index (χ0n) is 10.8. The molecule has 0 aliphatic carbocycles. The summed E-state index contributed by atoms with van der Waals surface area (Å²) in [5.41, 5.74) is 1.96. The van der Waals surface area contributed by atoms with Crippen molar-refractivity contribution in [2.45, 2.75) is 13.5 Å². The van der Waals surface area contributed by atoms with Gasteiger partial charge in [0, 0.05) is 13.6 Å². The minimum absolute atomic E-state index is 0.163. The highest BCUT2D eigenvalue weighted by atomic mass is 32.2. The molecule has 0 aliphatic rings. The number of benzene rings is 1. The molecule has 0 radical (unpaired) electrons. The van der Waals surface area contributed by atoms with Crippen LogP contribution in [0, 0.1) is 6.92 Å². The number of amides is 1. The molecule has 6 heteroatoms. The van der Waals surface area contributed by atoms with Crippen LogP contribution >= 0.6 is 0 Å². The topological polar surface area (TPSA) is 66.5 Å². The maximum atomic E-state index is 11.6. The molecule has 1 aromatic carbocycles. The summed E-state index contributed by atoms with van der Waals surface area (Å²) < 4.78 is 24.3. The first-order valence-corrected chi connectivity index (χ1v) is 7.39. The van der Waals surface area contributed by atoms with Crippen LogP contribution in [0.1, 0.15) is 11.1 Å². The van der Waals surface area contributed by atoms with E-state index in [-0.39, 0.29) is 19.0 Å². The van der Waals surface area contributed by atoms with Crippen molar-refractivity contribution in [3.05, 3.63) is 35.4 Å².